The molecule has 0 saturated carbocycles. The summed E-state index contributed by atoms with van der Waals surface area (Å²) in [6.45, 7) is 4.98. The van der Waals surface area contributed by atoms with Crippen LogP contribution in [0.25, 0.3) is 0 Å². The van der Waals surface area contributed by atoms with Crippen molar-refractivity contribution in [1.29, 1.82) is 0 Å². The number of aliphatic carboxylic acids is 1. The number of hydrogen-bond acceptors (Lipinski definition) is 3. The number of carbonyl (C=O) groups is 2. The second-order valence-electron chi connectivity index (χ2n) is 4.98. The second-order valence-corrected chi connectivity index (χ2v) is 4.98. The third kappa shape index (κ3) is 3.76. The van der Waals surface area contributed by atoms with Gasteiger partial charge < -0.3 is 15.3 Å². The molecule has 2 N–H and O–H groups in total. The summed E-state index contributed by atoms with van der Waals surface area (Å²) in [7, 11) is 1.73. The minimum atomic E-state index is -1.05. The van der Waals surface area contributed by atoms with Crippen LogP contribution in [0.5, 0.6) is 0 Å². The van der Waals surface area contributed by atoms with Crippen molar-refractivity contribution in [1.82, 2.24) is 14.7 Å². The lowest BCUT2D eigenvalue weighted by Crippen LogP contribution is -2.50. The van der Waals surface area contributed by atoms with Gasteiger partial charge in [0, 0.05) is 18.8 Å². The van der Waals surface area contributed by atoms with Crippen LogP contribution in [0.4, 0.5) is 10.5 Å². The van der Waals surface area contributed by atoms with Crippen molar-refractivity contribution in [2.24, 2.45) is 7.05 Å². The van der Waals surface area contributed by atoms with Gasteiger partial charge in [0.1, 0.15) is 6.54 Å². The Kier molecular flexibility index (Phi) is 3.95. The number of hydrogen-bond donors (Lipinski definition) is 2. The Hall–Kier alpha value is -2.05. The van der Waals surface area contributed by atoms with Gasteiger partial charge in [-0.1, -0.05) is 0 Å². The molecular formula is C11H18N4O3. The van der Waals surface area contributed by atoms with Gasteiger partial charge in [-0.3, -0.25) is 9.48 Å². The number of aryl methyl sites for hydroxylation is 1. The maximum Gasteiger partial charge on any atom is 0.323 e. The molecule has 0 radical (unpaired) electrons. The van der Waals surface area contributed by atoms with E-state index >= 15 is 0 Å². The van der Waals surface area contributed by atoms with Crippen molar-refractivity contribution >= 4 is 17.7 Å². The molecule has 0 atom stereocenters. The number of rotatable bonds is 3. The zero-order valence-electron chi connectivity index (χ0n) is 11.0. The summed E-state index contributed by atoms with van der Waals surface area (Å²) < 4.78 is 1.55. The molecule has 1 aromatic rings. The molecular weight excluding hydrogens is 236 g/mol. The van der Waals surface area contributed by atoms with Crippen molar-refractivity contribution in [2.45, 2.75) is 26.3 Å². The molecule has 0 unspecified atom stereocenters. The normalized spacial score (nSPS) is 11.1. The SMILES string of the molecule is Cn1cc(NC(=O)N(CC(=O)O)C(C)(C)C)cn1. The number of anilines is 1. The highest BCUT2D eigenvalue weighted by atomic mass is 16.4. The number of nitrogens with one attached hydrogen (secondary N) is 1. The van der Waals surface area contributed by atoms with Crippen molar-refractivity contribution < 1.29 is 14.7 Å². The molecule has 0 aliphatic rings. The molecule has 0 saturated heterocycles. The maximum absolute atomic E-state index is 12.0. The van der Waals surface area contributed by atoms with Crippen molar-refractivity contribution in [3.05, 3.63) is 12.4 Å². The first-order valence-corrected chi connectivity index (χ1v) is 5.49. The molecule has 7 nitrogen and oxygen atoms in total. The topological polar surface area (TPSA) is 87.5 Å². The fourth-order valence-electron chi connectivity index (χ4n) is 1.43. The van der Waals surface area contributed by atoms with E-state index in [0.717, 1.165) is 0 Å². The fraction of sp³-hybridized carbons (Fsp3) is 0.545. The molecule has 1 heterocycles. The zero-order valence-corrected chi connectivity index (χ0v) is 11.0. The van der Waals surface area contributed by atoms with Crippen molar-refractivity contribution in [3.63, 3.8) is 0 Å². The number of amides is 2. The van der Waals surface area contributed by atoms with Crippen LogP contribution in [0.1, 0.15) is 20.8 Å². The summed E-state index contributed by atoms with van der Waals surface area (Å²) in [5.41, 5.74) is -0.0489. The lowest BCUT2D eigenvalue weighted by atomic mass is 10.1. The van der Waals surface area contributed by atoms with Gasteiger partial charge in [-0.05, 0) is 20.8 Å². The van der Waals surface area contributed by atoms with Crippen LogP contribution in [0.15, 0.2) is 12.4 Å². The minimum Gasteiger partial charge on any atom is -0.480 e. The van der Waals surface area contributed by atoms with E-state index in [2.05, 4.69) is 10.4 Å². The number of aromatic nitrogens is 2. The first kappa shape index (κ1) is 14.0. The average molecular weight is 254 g/mol. The van der Waals surface area contributed by atoms with E-state index < -0.39 is 17.5 Å². The Bertz CT molecular complexity index is 447. The highest BCUT2D eigenvalue weighted by Crippen LogP contribution is 2.15. The Morgan fingerprint density at radius 3 is 2.50 bits per heavy atom. The Balaban J connectivity index is 2.80. The third-order valence-corrected chi connectivity index (χ3v) is 2.30. The largest absolute Gasteiger partial charge is 0.480 e. The Morgan fingerprint density at radius 2 is 2.11 bits per heavy atom. The van der Waals surface area contributed by atoms with Gasteiger partial charge in [-0.2, -0.15) is 5.10 Å². The van der Waals surface area contributed by atoms with Gasteiger partial charge >= 0.3 is 12.0 Å². The first-order valence-electron chi connectivity index (χ1n) is 5.49. The number of nitrogens with zero attached hydrogens (tertiary/aromatic N) is 3. The van der Waals surface area contributed by atoms with Gasteiger partial charge in [0.2, 0.25) is 0 Å². The first-order chi connectivity index (χ1) is 8.20. The van der Waals surface area contributed by atoms with Crippen LogP contribution in [0.2, 0.25) is 0 Å². The van der Waals surface area contributed by atoms with Gasteiger partial charge in [-0.15, -0.1) is 0 Å². The highest BCUT2D eigenvalue weighted by Gasteiger charge is 2.28. The zero-order chi connectivity index (χ0) is 13.9. The van der Waals surface area contributed by atoms with Gasteiger partial charge in [0.05, 0.1) is 11.9 Å². The van der Waals surface area contributed by atoms with Crippen LogP contribution >= 0.6 is 0 Å². The molecule has 0 aliphatic heterocycles. The van der Waals surface area contributed by atoms with E-state index in [9.17, 15) is 9.59 Å². The smallest absolute Gasteiger partial charge is 0.323 e. The molecule has 1 aromatic heterocycles. The lowest BCUT2D eigenvalue weighted by Gasteiger charge is -2.34. The lowest BCUT2D eigenvalue weighted by molar-refractivity contribution is -0.138. The molecule has 2 amide bonds. The average Bonchev–Trinajstić information content (AvgIpc) is 2.58. The van der Waals surface area contributed by atoms with E-state index in [4.69, 9.17) is 5.11 Å². The molecule has 18 heavy (non-hydrogen) atoms. The van der Waals surface area contributed by atoms with Crippen LogP contribution in [0.3, 0.4) is 0 Å². The quantitative estimate of drug-likeness (QED) is 0.846. The molecule has 100 valence electrons. The van der Waals surface area contributed by atoms with E-state index in [1.165, 1.54) is 11.1 Å². The molecule has 0 aromatic carbocycles. The number of carbonyl (C=O) groups excluding carboxylic acids is 1. The predicted molar refractivity (Wildman–Crippen MR) is 66.3 cm³/mol. The number of urea groups is 1. The van der Waals surface area contributed by atoms with Gasteiger partial charge in [0.15, 0.2) is 0 Å². The molecule has 0 spiro atoms. The predicted octanol–water partition coefficient (Wildman–Crippen LogP) is 1.14. The summed E-state index contributed by atoms with van der Waals surface area (Å²) in [5, 5.41) is 15.4. The molecule has 1 rings (SSSR count). The van der Waals surface area contributed by atoms with E-state index in [1.54, 1.807) is 38.7 Å². The standard InChI is InChI=1S/C11H18N4O3/c1-11(2,3)15(7-9(16)17)10(18)13-8-5-12-14(4)6-8/h5-6H,7H2,1-4H3,(H,13,18)(H,16,17). The third-order valence-electron chi connectivity index (χ3n) is 2.30. The second kappa shape index (κ2) is 5.07. The van der Waals surface area contributed by atoms with Crippen molar-refractivity contribution in [2.75, 3.05) is 11.9 Å². The molecule has 0 fully saturated rings. The van der Waals surface area contributed by atoms with Gasteiger partial charge in [0.25, 0.3) is 0 Å². The fourth-order valence-corrected chi connectivity index (χ4v) is 1.43. The number of carboxylic acids is 1. The van der Waals surface area contributed by atoms with E-state index in [1.807, 2.05) is 0 Å². The minimum absolute atomic E-state index is 0.352. The van der Waals surface area contributed by atoms with Crippen LogP contribution in [-0.4, -0.2) is 43.9 Å². The summed E-state index contributed by atoms with van der Waals surface area (Å²) in [6, 6.07) is -0.460. The summed E-state index contributed by atoms with van der Waals surface area (Å²) >= 11 is 0. The van der Waals surface area contributed by atoms with E-state index in [-0.39, 0.29) is 6.54 Å². The number of carboxylic acid groups (broad SMARTS) is 1. The van der Waals surface area contributed by atoms with Gasteiger partial charge in [-0.25, -0.2) is 4.79 Å². The molecule has 0 bridgehead atoms. The maximum atomic E-state index is 12.0. The summed E-state index contributed by atoms with van der Waals surface area (Å²) in [4.78, 5) is 24.1. The Morgan fingerprint density at radius 1 is 1.50 bits per heavy atom. The highest BCUT2D eigenvalue weighted by molar-refractivity contribution is 5.91. The molecule has 0 aliphatic carbocycles. The molecule has 7 heteroatoms. The summed E-state index contributed by atoms with van der Waals surface area (Å²) in [5.74, 6) is -1.05. The summed E-state index contributed by atoms with van der Waals surface area (Å²) in [6.07, 6.45) is 3.14. The van der Waals surface area contributed by atoms with Crippen LogP contribution in [0, 0.1) is 0 Å². The monoisotopic (exact) mass is 254 g/mol. The Labute approximate surface area is 105 Å². The van der Waals surface area contributed by atoms with Crippen LogP contribution < -0.4 is 5.32 Å². The van der Waals surface area contributed by atoms with Crippen LogP contribution in [-0.2, 0) is 11.8 Å². The van der Waals surface area contributed by atoms with E-state index in [0.29, 0.717) is 5.69 Å². The van der Waals surface area contributed by atoms with Crippen molar-refractivity contribution in [3.8, 4) is 0 Å².